The zero-order valence-electron chi connectivity index (χ0n) is 14.0. The molecule has 2 aliphatic carbocycles. The van der Waals surface area contributed by atoms with Crippen molar-refractivity contribution >= 4 is 26.5 Å². The predicted octanol–water partition coefficient (Wildman–Crippen LogP) is -0.888. The molecule has 0 aromatic heterocycles. The topological polar surface area (TPSA) is 0 Å². The van der Waals surface area contributed by atoms with Gasteiger partial charge in [-0.15, -0.1) is 0 Å². The maximum absolute atomic E-state index is 3.39. The second-order valence-corrected chi connectivity index (χ2v) is 28.0. The first kappa shape index (κ1) is 27.4. The Morgan fingerprint density at radius 1 is 0.714 bits per heavy atom. The number of allylic oxidation sites excluding steroid dienone is 8. The van der Waals surface area contributed by atoms with E-state index in [4.69, 9.17) is 0 Å². The van der Waals surface area contributed by atoms with Gasteiger partial charge in [0, 0.05) is 0 Å². The molecule has 0 atom stereocenters. The molecule has 0 spiro atoms. The van der Waals surface area contributed by atoms with Crippen molar-refractivity contribution in [1.82, 2.24) is 0 Å². The Morgan fingerprint density at radius 2 is 1.00 bits per heavy atom. The van der Waals surface area contributed by atoms with Crippen LogP contribution in [0.2, 0.25) is 34.5 Å². The summed E-state index contributed by atoms with van der Waals surface area (Å²) in [6, 6.07) is 0. The van der Waals surface area contributed by atoms with Gasteiger partial charge in [-0.05, 0) is 0 Å². The van der Waals surface area contributed by atoms with E-state index in [-0.39, 0.29) is 51.0 Å². The maximum Gasteiger partial charge on any atom is 4.00 e. The molecule has 0 aliphatic heterocycles. The van der Waals surface area contributed by atoms with E-state index >= 15 is 0 Å². The van der Waals surface area contributed by atoms with Crippen LogP contribution in [-0.4, -0.2) is 26.5 Å². The van der Waals surface area contributed by atoms with E-state index in [1.807, 2.05) is 0 Å². The van der Waals surface area contributed by atoms with Crippen molar-refractivity contribution in [2.45, 2.75) is 47.4 Å². The molecule has 0 N–H and O–H groups in total. The molecule has 0 heterocycles. The summed E-state index contributed by atoms with van der Waals surface area (Å²) < 4.78 is 3.07. The fourth-order valence-electron chi connectivity index (χ4n) is 1.84. The Labute approximate surface area is 168 Å². The third-order valence-electron chi connectivity index (χ3n) is 3.01. The molecule has 0 amide bonds. The van der Waals surface area contributed by atoms with Crippen LogP contribution in [0.15, 0.2) is 33.1 Å². The van der Waals surface area contributed by atoms with Crippen molar-refractivity contribution in [3.63, 3.8) is 0 Å². The van der Waals surface area contributed by atoms with Crippen molar-refractivity contribution in [2.75, 3.05) is 0 Å². The molecule has 0 nitrogen and oxygen atoms in total. The monoisotopic (exact) mass is 526 g/mol. The Morgan fingerprint density at radius 3 is 1.10 bits per heavy atom. The number of hydrogen-bond donors (Lipinski definition) is 0. The van der Waals surface area contributed by atoms with Crippen LogP contribution in [0.1, 0.15) is 12.8 Å². The number of halogens is 2. The Balaban J connectivity index is -0.000000270. The van der Waals surface area contributed by atoms with Crippen LogP contribution in [0.3, 0.4) is 0 Å². The van der Waals surface area contributed by atoms with Crippen molar-refractivity contribution in [1.29, 1.82) is 0 Å². The van der Waals surface area contributed by atoms with Gasteiger partial charge in [-0.1, -0.05) is 0 Å². The summed E-state index contributed by atoms with van der Waals surface area (Å²) in [6.07, 6.45) is 17.8. The molecule has 0 saturated heterocycles. The van der Waals surface area contributed by atoms with Crippen LogP contribution in [0.5, 0.6) is 0 Å². The van der Waals surface area contributed by atoms with Gasteiger partial charge in [0.1, 0.15) is 0 Å². The zero-order chi connectivity index (χ0) is 13.8. The maximum atomic E-state index is 3.39. The quantitative estimate of drug-likeness (QED) is 0.324. The molecule has 5 heteroatoms. The number of hydrogen-bond acceptors (Lipinski definition) is 0. The van der Waals surface area contributed by atoms with E-state index < -0.39 is 26.5 Å². The molecular formula is C16H26Cl2Ge2Zr. The van der Waals surface area contributed by atoms with Crippen molar-refractivity contribution < 1.29 is 51.0 Å². The Bertz CT molecular complexity index is 371. The molecule has 0 radical (unpaired) electrons. The van der Waals surface area contributed by atoms with Gasteiger partial charge >= 0.3 is 145 Å². The molecule has 0 aromatic rings. The normalized spacial score (nSPS) is 15.7. The van der Waals surface area contributed by atoms with Crippen molar-refractivity contribution in [3.8, 4) is 0 Å². The Kier molecular flexibility index (Phi) is 15.6. The first-order valence-electron chi connectivity index (χ1n) is 6.77. The SMILES string of the molecule is [CH3][Ge]([CH3])([CH3])[C]1=[C-]CC=C1.[CH3][Ge]([CH3])([CH3])[C]1=[C-]CC=C1.[Cl-].[Cl-].[Zr+4]. The standard InChI is InChI=1S/2C8H13Ge.2ClH.Zr/c2*1-9(2,3)8-6-4-5-7-8;;;/h2*4,6H,5H2,1-3H3;2*1H;/q2*-1;;;+4/p-2. The van der Waals surface area contributed by atoms with E-state index in [2.05, 4.69) is 71.0 Å². The van der Waals surface area contributed by atoms with Crippen LogP contribution < -0.4 is 24.8 Å². The van der Waals surface area contributed by atoms with Crippen LogP contribution in [0, 0.1) is 12.2 Å². The third-order valence-corrected chi connectivity index (χ3v) is 11.2. The third kappa shape index (κ3) is 10.8. The number of rotatable bonds is 2. The molecule has 0 saturated carbocycles. The van der Waals surface area contributed by atoms with Gasteiger partial charge in [-0.2, -0.15) is 0 Å². The molecule has 21 heavy (non-hydrogen) atoms. The van der Waals surface area contributed by atoms with E-state index in [1.165, 1.54) is 8.81 Å². The molecule has 0 aromatic carbocycles. The van der Waals surface area contributed by atoms with Gasteiger partial charge in [0.25, 0.3) is 0 Å². The van der Waals surface area contributed by atoms with E-state index in [9.17, 15) is 0 Å². The second-order valence-electron chi connectivity index (χ2n) is 6.89. The van der Waals surface area contributed by atoms with Crippen LogP contribution in [-0.2, 0) is 26.2 Å². The summed E-state index contributed by atoms with van der Waals surface area (Å²) in [5.74, 6) is 14.4. The molecule has 0 unspecified atom stereocenters. The van der Waals surface area contributed by atoms with E-state index in [1.54, 1.807) is 0 Å². The van der Waals surface area contributed by atoms with Gasteiger partial charge in [0.2, 0.25) is 0 Å². The summed E-state index contributed by atoms with van der Waals surface area (Å²) in [4.78, 5) is 0. The fourth-order valence-corrected chi connectivity index (χ4v) is 7.09. The molecule has 2 rings (SSSR count). The van der Waals surface area contributed by atoms with Crippen LogP contribution in [0.4, 0.5) is 0 Å². The molecular weight excluding hydrogens is 500 g/mol. The predicted molar refractivity (Wildman–Crippen MR) is 87.7 cm³/mol. The Hall–Kier alpha value is 1.51. The second kappa shape index (κ2) is 12.0. The molecule has 0 fully saturated rings. The summed E-state index contributed by atoms with van der Waals surface area (Å²) >= 11 is -2.92. The van der Waals surface area contributed by atoms with Crippen molar-refractivity contribution in [2.24, 2.45) is 0 Å². The van der Waals surface area contributed by atoms with Crippen molar-refractivity contribution in [3.05, 3.63) is 45.3 Å². The summed E-state index contributed by atoms with van der Waals surface area (Å²) in [6.45, 7) is 0. The smallest absolute Gasteiger partial charge is 1.00 e. The van der Waals surface area contributed by atoms with Crippen LogP contribution in [0.25, 0.3) is 0 Å². The molecule has 2 aliphatic rings. The minimum absolute atomic E-state index is 0. The first-order chi connectivity index (χ1) is 8.21. The minimum atomic E-state index is -1.46. The summed E-state index contributed by atoms with van der Waals surface area (Å²) in [5, 5.41) is 0. The largest absolute Gasteiger partial charge is 4.00 e. The van der Waals surface area contributed by atoms with E-state index in [0.29, 0.717) is 0 Å². The van der Waals surface area contributed by atoms with Gasteiger partial charge in [0.15, 0.2) is 0 Å². The zero-order valence-corrected chi connectivity index (χ0v) is 22.1. The minimum Gasteiger partial charge on any atom is -1.00 e. The first-order valence-corrected chi connectivity index (χ1v) is 21.5. The van der Waals surface area contributed by atoms with Gasteiger partial charge in [-0.25, -0.2) is 0 Å². The average molecular weight is 526 g/mol. The van der Waals surface area contributed by atoms with Gasteiger partial charge in [0.05, 0.1) is 0 Å². The van der Waals surface area contributed by atoms with Crippen LogP contribution >= 0.6 is 0 Å². The van der Waals surface area contributed by atoms with Gasteiger partial charge < -0.3 is 24.8 Å². The fraction of sp³-hybridized carbons (Fsp3) is 0.500. The molecule has 0 bridgehead atoms. The summed E-state index contributed by atoms with van der Waals surface area (Å²) in [5.41, 5.74) is 0. The molecule has 116 valence electrons. The van der Waals surface area contributed by atoms with Gasteiger partial charge in [-0.3, -0.25) is 0 Å². The van der Waals surface area contributed by atoms with E-state index in [0.717, 1.165) is 12.8 Å². The average Bonchev–Trinajstić information content (AvgIpc) is 2.91. The summed E-state index contributed by atoms with van der Waals surface area (Å²) in [7, 11) is 0.